The van der Waals surface area contributed by atoms with E-state index in [1.807, 2.05) is 12.1 Å². The Bertz CT molecular complexity index is 554. The second-order valence-corrected chi connectivity index (χ2v) is 4.78. The highest BCUT2D eigenvalue weighted by Crippen LogP contribution is 2.35. The Morgan fingerprint density at radius 1 is 1.40 bits per heavy atom. The third-order valence-corrected chi connectivity index (χ3v) is 3.28. The topological polar surface area (TPSA) is 56.5 Å². The summed E-state index contributed by atoms with van der Waals surface area (Å²) >= 11 is 0. The van der Waals surface area contributed by atoms with Gasteiger partial charge in [-0.05, 0) is 25.1 Å². The van der Waals surface area contributed by atoms with Gasteiger partial charge in [-0.25, -0.2) is 0 Å². The molecular formula is C15H18N2O3. The van der Waals surface area contributed by atoms with Gasteiger partial charge in [-0.2, -0.15) is 0 Å². The van der Waals surface area contributed by atoms with Crippen LogP contribution in [0.25, 0.3) is 0 Å². The van der Waals surface area contributed by atoms with Gasteiger partial charge in [-0.1, -0.05) is 12.1 Å². The number of rotatable bonds is 6. The zero-order valence-electron chi connectivity index (χ0n) is 11.5. The summed E-state index contributed by atoms with van der Waals surface area (Å²) in [6.45, 7) is 4.21. The Hall–Kier alpha value is -2.01. The zero-order valence-corrected chi connectivity index (χ0v) is 11.5. The molecule has 5 heteroatoms. The minimum absolute atomic E-state index is 0.285. The first-order valence-electron chi connectivity index (χ1n) is 6.89. The second kappa shape index (κ2) is 5.96. The third-order valence-electron chi connectivity index (χ3n) is 3.28. The number of hydrogen-bond acceptors (Lipinski definition) is 5. The minimum Gasteiger partial charge on any atom is -0.491 e. The van der Waals surface area contributed by atoms with E-state index in [1.54, 1.807) is 12.3 Å². The summed E-state index contributed by atoms with van der Waals surface area (Å²) in [4.78, 5) is 0. The van der Waals surface area contributed by atoms with Crippen molar-refractivity contribution in [3.8, 4) is 11.5 Å². The smallest absolute Gasteiger partial charge is 0.174 e. The number of ether oxygens (including phenoxy) is 2. The van der Waals surface area contributed by atoms with Crippen molar-refractivity contribution in [1.29, 1.82) is 0 Å². The molecule has 1 N–H and O–H groups in total. The van der Waals surface area contributed by atoms with Crippen LogP contribution >= 0.6 is 0 Å². The number of hydrogen-bond donors (Lipinski definition) is 1. The number of nitrogens with zero attached hydrogens (tertiary/aromatic N) is 1. The fourth-order valence-corrected chi connectivity index (χ4v) is 2.24. The van der Waals surface area contributed by atoms with Gasteiger partial charge in [-0.15, -0.1) is 0 Å². The molecule has 2 aromatic rings. The second-order valence-electron chi connectivity index (χ2n) is 4.78. The van der Waals surface area contributed by atoms with Crippen molar-refractivity contribution in [2.24, 2.45) is 0 Å². The average molecular weight is 274 g/mol. The normalized spacial score (nSPS) is 16.8. The molecule has 0 radical (unpaired) electrons. The summed E-state index contributed by atoms with van der Waals surface area (Å²) in [6, 6.07) is 8.03. The highest BCUT2D eigenvalue weighted by atomic mass is 16.5. The lowest BCUT2D eigenvalue weighted by molar-refractivity contribution is 0.248. The molecule has 0 bridgehead atoms. The highest BCUT2D eigenvalue weighted by molar-refractivity contribution is 5.45. The SMILES string of the molecule is CCCNC1COc2cc(OCc3ccno3)ccc21. The average Bonchev–Trinajstić information content (AvgIpc) is 3.12. The standard InChI is InChI=1S/C15H18N2O3/c1-2-6-16-14-10-19-15-8-11(3-4-13(14)15)18-9-12-5-7-17-20-12/h3-5,7-8,14,16H,2,6,9-10H2,1H3. The van der Waals surface area contributed by atoms with Crippen LogP contribution < -0.4 is 14.8 Å². The Balaban J connectivity index is 1.64. The molecule has 0 saturated heterocycles. The predicted octanol–water partition coefficient (Wildman–Crippen LogP) is 2.69. The van der Waals surface area contributed by atoms with Gasteiger partial charge in [0.05, 0.1) is 12.2 Å². The fraction of sp³-hybridized carbons (Fsp3) is 0.400. The lowest BCUT2D eigenvalue weighted by atomic mass is 10.1. The largest absolute Gasteiger partial charge is 0.491 e. The Morgan fingerprint density at radius 2 is 2.35 bits per heavy atom. The van der Waals surface area contributed by atoms with E-state index in [0.717, 1.165) is 24.5 Å². The van der Waals surface area contributed by atoms with Crippen LogP contribution in [0.15, 0.2) is 35.0 Å². The van der Waals surface area contributed by atoms with Gasteiger partial charge in [0, 0.05) is 17.7 Å². The van der Waals surface area contributed by atoms with Gasteiger partial charge in [0.25, 0.3) is 0 Å². The van der Waals surface area contributed by atoms with Crippen molar-refractivity contribution < 1.29 is 14.0 Å². The van der Waals surface area contributed by atoms with Crippen LogP contribution in [0, 0.1) is 0 Å². The maximum atomic E-state index is 5.71. The molecule has 1 aromatic carbocycles. The molecule has 2 heterocycles. The molecule has 1 aliphatic rings. The van der Waals surface area contributed by atoms with Gasteiger partial charge < -0.3 is 19.3 Å². The van der Waals surface area contributed by atoms with Gasteiger partial charge in [-0.3, -0.25) is 0 Å². The highest BCUT2D eigenvalue weighted by Gasteiger charge is 2.23. The molecule has 0 amide bonds. The van der Waals surface area contributed by atoms with Crippen molar-refractivity contribution in [2.45, 2.75) is 26.0 Å². The fourth-order valence-electron chi connectivity index (χ4n) is 2.24. The number of fused-ring (bicyclic) bond motifs is 1. The Kier molecular flexibility index (Phi) is 3.87. The first kappa shape index (κ1) is 13.0. The van der Waals surface area contributed by atoms with Crippen LogP contribution in [0.3, 0.4) is 0 Å². The minimum atomic E-state index is 0.285. The van der Waals surface area contributed by atoms with Crippen LogP contribution in [0.4, 0.5) is 0 Å². The van der Waals surface area contributed by atoms with E-state index in [0.29, 0.717) is 19.0 Å². The lowest BCUT2D eigenvalue weighted by Gasteiger charge is -2.10. The molecule has 0 saturated carbocycles. The van der Waals surface area contributed by atoms with Gasteiger partial charge in [0.15, 0.2) is 5.76 Å². The van der Waals surface area contributed by atoms with Crippen LogP contribution in [-0.4, -0.2) is 18.3 Å². The van der Waals surface area contributed by atoms with Gasteiger partial charge in [0.2, 0.25) is 0 Å². The van der Waals surface area contributed by atoms with Crippen molar-refractivity contribution in [3.05, 3.63) is 41.8 Å². The molecule has 1 unspecified atom stereocenters. The van der Waals surface area contributed by atoms with Crippen LogP contribution in [0.2, 0.25) is 0 Å². The van der Waals surface area contributed by atoms with Crippen molar-refractivity contribution in [3.63, 3.8) is 0 Å². The van der Waals surface area contributed by atoms with Crippen LogP contribution in [0.1, 0.15) is 30.7 Å². The Morgan fingerprint density at radius 3 is 3.15 bits per heavy atom. The van der Waals surface area contributed by atoms with Gasteiger partial charge >= 0.3 is 0 Å². The maximum Gasteiger partial charge on any atom is 0.174 e. The van der Waals surface area contributed by atoms with Crippen LogP contribution in [-0.2, 0) is 6.61 Å². The van der Waals surface area contributed by atoms with E-state index in [9.17, 15) is 0 Å². The molecule has 0 aliphatic carbocycles. The zero-order chi connectivity index (χ0) is 13.8. The van der Waals surface area contributed by atoms with E-state index in [1.165, 1.54) is 5.56 Å². The maximum absolute atomic E-state index is 5.71. The summed E-state index contributed by atoms with van der Waals surface area (Å²) in [6.07, 6.45) is 2.72. The number of aromatic nitrogens is 1. The molecule has 1 atom stereocenters. The first-order valence-corrected chi connectivity index (χ1v) is 6.89. The lowest BCUT2D eigenvalue weighted by Crippen LogP contribution is -2.22. The number of benzene rings is 1. The molecule has 0 fully saturated rings. The van der Waals surface area contributed by atoms with E-state index in [-0.39, 0.29) is 6.04 Å². The van der Waals surface area contributed by atoms with Crippen molar-refractivity contribution in [1.82, 2.24) is 10.5 Å². The third kappa shape index (κ3) is 2.77. The molecule has 20 heavy (non-hydrogen) atoms. The molecule has 106 valence electrons. The summed E-state index contributed by atoms with van der Waals surface area (Å²) in [7, 11) is 0. The molecule has 0 spiro atoms. The molecule has 1 aliphatic heterocycles. The summed E-state index contributed by atoms with van der Waals surface area (Å²) in [5.74, 6) is 2.37. The van der Waals surface area contributed by atoms with Crippen molar-refractivity contribution in [2.75, 3.05) is 13.2 Å². The quantitative estimate of drug-likeness (QED) is 0.877. The van der Waals surface area contributed by atoms with E-state index in [4.69, 9.17) is 14.0 Å². The summed E-state index contributed by atoms with van der Waals surface area (Å²) < 4.78 is 16.4. The van der Waals surface area contributed by atoms with Crippen LogP contribution in [0.5, 0.6) is 11.5 Å². The van der Waals surface area contributed by atoms with Crippen molar-refractivity contribution >= 4 is 0 Å². The predicted molar refractivity (Wildman–Crippen MR) is 73.8 cm³/mol. The molecule has 1 aromatic heterocycles. The first-order chi connectivity index (χ1) is 9.86. The summed E-state index contributed by atoms with van der Waals surface area (Å²) in [5, 5.41) is 7.12. The van der Waals surface area contributed by atoms with E-state index >= 15 is 0 Å². The summed E-state index contributed by atoms with van der Waals surface area (Å²) in [5.41, 5.74) is 1.20. The van der Waals surface area contributed by atoms with E-state index in [2.05, 4.69) is 23.5 Å². The number of nitrogens with one attached hydrogen (secondary N) is 1. The molecule has 5 nitrogen and oxygen atoms in total. The monoisotopic (exact) mass is 274 g/mol. The molecule has 3 rings (SSSR count). The van der Waals surface area contributed by atoms with Gasteiger partial charge in [0.1, 0.15) is 24.7 Å². The molecular weight excluding hydrogens is 256 g/mol. The van der Waals surface area contributed by atoms with E-state index < -0.39 is 0 Å². The Labute approximate surface area is 117 Å².